The monoisotopic (exact) mass is 440 g/mol. The lowest BCUT2D eigenvalue weighted by Gasteiger charge is -2.45. The second kappa shape index (κ2) is 9.77. The molecule has 4 fully saturated rings. The highest BCUT2D eigenvalue weighted by atomic mass is 16.2. The Bertz CT molecular complexity index is 793. The van der Waals surface area contributed by atoms with Crippen molar-refractivity contribution in [1.29, 1.82) is 0 Å². The minimum atomic E-state index is -0.325. The van der Waals surface area contributed by atoms with E-state index >= 15 is 0 Å². The summed E-state index contributed by atoms with van der Waals surface area (Å²) in [6.07, 6.45) is 5.58. The van der Waals surface area contributed by atoms with Crippen molar-refractivity contribution in [2.75, 3.05) is 68.7 Å². The molecule has 0 aliphatic carbocycles. The summed E-state index contributed by atoms with van der Waals surface area (Å²) in [4.78, 5) is 33.0. The van der Waals surface area contributed by atoms with Crippen LogP contribution in [0.3, 0.4) is 0 Å². The van der Waals surface area contributed by atoms with Crippen molar-refractivity contribution in [3.63, 3.8) is 0 Å². The summed E-state index contributed by atoms with van der Waals surface area (Å²) >= 11 is 0. The molecule has 0 spiro atoms. The van der Waals surface area contributed by atoms with Gasteiger partial charge in [-0.05, 0) is 76.1 Å². The number of piperazine rings is 1. The van der Waals surface area contributed by atoms with Crippen molar-refractivity contribution in [2.45, 2.75) is 44.2 Å². The predicted molar refractivity (Wildman–Crippen MR) is 126 cm³/mol. The fourth-order valence-electron chi connectivity index (χ4n) is 5.79. The Labute approximate surface area is 190 Å². The van der Waals surface area contributed by atoms with Gasteiger partial charge in [-0.1, -0.05) is 0 Å². The summed E-state index contributed by atoms with van der Waals surface area (Å²) in [6, 6.07) is 9.40. The number of anilines is 2. The molecule has 32 heavy (non-hydrogen) atoms. The van der Waals surface area contributed by atoms with E-state index in [-0.39, 0.29) is 11.9 Å². The van der Waals surface area contributed by atoms with E-state index in [2.05, 4.69) is 37.5 Å². The van der Waals surface area contributed by atoms with Gasteiger partial charge in [-0.2, -0.15) is 0 Å². The van der Waals surface area contributed by atoms with Crippen molar-refractivity contribution in [3.8, 4) is 0 Å². The zero-order valence-electron chi connectivity index (χ0n) is 19.0. The van der Waals surface area contributed by atoms with E-state index in [1.165, 1.54) is 57.5 Å². The van der Waals surface area contributed by atoms with Gasteiger partial charge in [0.1, 0.15) is 0 Å². The van der Waals surface area contributed by atoms with Crippen LogP contribution >= 0.6 is 0 Å². The quantitative estimate of drug-likeness (QED) is 0.739. The molecule has 1 aromatic rings. The number of urea groups is 1. The Balaban J connectivity index is 1.09. The Morgan fingerprint density at radius 1 is 0.688 bits per heavy atom. The third-order valence-corrected chi connectivity index (χ3v) is 7.74. The number of piperidine rings is 2. The van der Waals surface area contributed by atoms with Crippen molar-refractivity contribution >= 4 is 23.3 Å². The van der Waals surface area contributed by atoms with Crippen molar-refractivity contribution in [3.05, 3.63) is 24.3 Å². The summed E-state index contributed by atoms with van der Waals surface area (Å²) in [5.41, 5.74) is 2.06. The smallest absolute Gasteiger partial charge is 0.328 e. The average Bonchev–Trinajstić information content (AvgIpc) is 2.85. The fourth-order valence-corrected chi connectivity index (χ4v) is 5.79. The number of imide groups is 1. The molecule has 1 aromatic carbocycles. The number of benzene rings is 1. The van der Waals surface area contributed by atoms with Gasteiger partial charge >= 0.3 is 6.03 Å². The highest BCUT2D eigenvalue weighted by Gasteiger charge is 2.30. The van der Waals surface area contributed by atoms with Gasteiger partial charge in [0, 0.05) is 62.6 Å². The third kappa shape index (κ3) is 4.77. The van der Waals surface area contributed by atoms with Crippen LogP contribution < -0.4 is 20.4 Å². The number of hydrogen-bond donors (Lipinski definition) is 2. The van der Waals surface area contributed by atoms with Gasteiger partial charge in [-0.15, -0.1) is 0 Å². The summed E-state index contributed by atoms with van der Waals surface area (Å²) in [6.45, 7) is 9.65. The molecular weight excluding hydrogens is 404 g/mol. The van der Waals surface area contributed by atoms with E-state index in [0.29, 0.717) is 13.0 Å². The molecule has 4 aliphatic rings. The molecule has 0 atom stereocenters. The number of carbonyl (C=O) groups excluding carboxylic acids is 2. The molecule has 3 amide bonds. The SMILES string of the molecule is O=C1CCN(c2ccc(N3CCN(C4CCN(C5CCNCC5)CC4)CC3)cc2)C(=O)N1. The van der Waals surface area contributed by atoms with E-state index in [0.717, 1.165) is 44.0 Å². The van der Waals surface area contributed by atoms with Gasteiger partial charge in [0.15, 0.2) is 0 Å². The molecule has 0 saturated carbocycles. The molecule has 2 N–H and O–H groups in total. The molecule has 8 nitrogen and oxygen atoms in total. The first-order valence-electron chi connectivity index (χ1n) is 12.3. The molecule has 0 bridgehead atoms. The van der Waals surface area contributed by atoms with Crippen molar-refractivity contribution in [1.82, 2.24) is 20.4 Å². The number of carbonyl (C=O) groups is 2. The molecule has 174 valence electrons. The van der Waals surface area contributed by atoms with Crippen LogP contribution in [0.4, 0.5) is 16.2 Å². The van der Waals surface area contributed by atoms with Crippen LogP contribution in [0.1, 0.15) is 32.1 Å². The number of nitrogens with zero attached hydrogens (tertiary/aromatic N) is 4. The van der Waals surface area contributed by atoms with E-state index in [4.69, 9.17) is 0 Å². The zero-order valence-corrected chi connectivity index (χ0v) is 19.0. The third-order valence-electron chi connectivity index (χ3n) is 7.74. The highest BCUT2D eigenvalue weighted by molar-refractivity contribution is 6.05. The maximum atomic E-state index is 12.1. The minimum absolute atomic E-state index is 0.197. The number of nitrogens with one attached hydrogen (secondary N) is 2. The number of hydrogen-bond acceptors (Lipinski definition) is 6. The van der Waals surface area contributed by atoms with E-state index in [9.17, 15) is 9.59 Å². The van der Waals surface area contributed by atoms with Gasteiger partial charge in [0.2, 0.25) is 5.91 Å². The van der Waals surface area contributed by atoms with Crippen LogP contribution in [0.5, 0.6) is 0 Å². The molecule has 4 aliphatic heterocycles. The van der Waals surface area contributed by atoms with Crippen molar-refractivity contribution < 1.29 is 9.59 Å². The minimum Gasteiger partial charge on any atom is -0.369 e. The number of amides is 3. The standard InChI is InChI=1S/C24H36N6O2/c31-23-9-14-30(24(32)26-23)22-3-1-19(2-4-22)28-15-17-29(18-16-28)21-7-12-27(13-8-21)20-5-10-25-11-6-20/h1-4,20-21,25H,5-18H2,(H,26,31,32). The lowest BCUT2D eigenvalue weighted by molar-refractivity contribution is -0.120. The van der Waals surface area contributed by atoms with Gasteiger partial charge in [0.05, 0.1) is 0 Å². The summed E-state index contributed by atoms with van der Waals surface area (Å²) in [5, 5.41) is 5.87. The van der Waals surface area contributed by atoms with Crippen LogP contribution in [-0.2, 0) is 4.79 Å². The van der Waals surface area contributed by atoms with E-state index in [1.807, 2.05) is 12.1 Å². The largest absolute Gasteiger partial charge is 0.369 e. The Kier molecular flexibility index (Phi) is 6.62. The molecule has 0 unspecified atom stereocenters. The average molecular weight is 441 g/mol. The zero-order chi connectivity index (χ0) is 21.9. The normalized spacial score (nSPS) is 25.2. The molecule has 8 heteroatoms. The van der Waals surface area contributed by atoms with Crippen LogP contribution in [-0.4, -0.2) is 92.7 Å². The Morgan fingerprint density at radius 3 is 1.94 bits per heavy atom. The van der Waals surface area contributed by atoms with E-state index < -0.39 is 0 Å². The second-order valence-electron chi connectivity index (χ2n) is 9.54. The Morgan fingerprint density at radius 2 is 1.28 bits per heavy atom. The molecule has 4 saturated heterocycles. The fraction of sp³-hybridized carbons (Fsp3) is 0.667. The first kappa shape index (κ1) is 21.7. The first-order chi connectivity index (χ1) is 15.7. The second-order valence-corrected chi connectivity index (χ2v) is 9.54. The van der Waals surface area contributed by atoms with Gasteiger partial charge in [-0.25, -0.2) is 4.79 Å². The van der Waals surface area contributed by atoms with Gasteiger partial charge in [-0.3, -0.25) is 19.9 Å². The van der Waals surface area contributed by atoms with Gasteiger partial charge < -0.3 is 15.1 Å². The summed E-state index contributed by atoms with van der Waals surface area (Å²) in [5.74, 6) is -0.197. The maximum Gasteiger partial charge on any atom is 0.328 e. The van der Waals surface area contributed by atoms with Crippen molar-refractivity contribution in [2.24, 2.45) is 0 Å². The lowest BCUT2D eigenvalue weighted by atomic mass is 9.97. The topological polar surface area (TPSA) is 71.2 Å². The molecule has 0 radical (unpaired) electrons. The number of likely N-dealkylation sites (tertiary alicyclic amines) is 1. The number of rotatable bonds is 4. The summed E-state index contributed by atoms with van der Waals surface area (Å²) < 4.78 is 0. The van der Waals surface area contributed by atoms with Gasteiger partial charge in [0.25, 0.3) is 0 Å². The maximum absolute atomic E-state index is 12.1. The molecule has 4 heterocycles. The summed E-state index contributed by atoms with van der Waals surface area (Å²) in [7, 11) is 0. The molecule has 0 aromatic heterocycles. The predicted octanol–water partition coefficient (Wildman–Crippen LogP) is 1.47. The molecule has 5 rings (SSSR count). The van der Waals surface area contributed by atoms with E-state index in [1.54, 1.807) is 4.90 Å². The van der Waals surface area contributed by atoms with Crippen LogP contribution in [0.15, 0.2) is 24.3 Å². The first-order valence-corrected chi connectivity index (χ1v) is 12.3. The van der Waals surface area contributed by atoms with Crippen LogP contribution in [0, 0.1) is 0 Å². The van der Waals surface area contributed by atoms with Crippen LogP contribution in [0.2, 0.25) is 0 Å². The Hall–Kier alpha value is -2.16. The highest BCUT2D eigenvalue weighted by Crippen LogP contribution is 2.26. The lowest BCUT2D eigenvalue weighted by Crippen LogP contribution is -2.55. The molecular formula is C24H36N6O2. The van der Waals surface area contributed by atoms with Crippen LogP contribution in [0.25, 0.3) is 0 Å².